The van der Waals surface area contributed by atoms with E-state index in [-0.39, 0.29) is 65.3 Å². The Balaban J connectivity index is 0.902. The molecule has 2 aromatic heterocycles. The van der Waals surface area contributed by atoms with E-state index in [4.69, 9.17) is 14.5 Å². The molecule has 14 nitrogen and oxygen atoms in total. The van der Waals surface area contributed by atoms with Crippen LogP contribution in [0.3, 0.4) is 0 Å². The zero-order valence-corrected chi connectivity index (χ0v) is 34.8. The highest BCUT2D eigenvalue weighted by Gasteiger charge is 2.51. The number of hydrogen-bond acceptors (Lipinski definition) is 11. The maximum Gasteiger partial charge on any atom is 0.411 e. The Morgan fingerprint density at radius 3 is 2.44 bits per heavy atom. The van der Waals surface area contributed by atoms with Gasteiger partial charge < -0.3 is 39.2 Å². The molecule has 1 unspecified atom stereocenters. The number of nitrogens with zero attached hydrogens (tertiary/aromatic N) is 5. The number of carbonyl (C=O) groups is 3. The van der Waals surface area contributed by atoms with Gasteiger partial charge in [0, 0.05) is 68.4 Å². The molecule has 0 spiro atoms. The molecule has 1 atom stereocenters. The number of phenols is 3. The van der Waals surface area contributed by atoms with Gasteiger partial charge in [0.15, 0.2) is 0 Å². The highest BCUT2D eigenvalue weighted by atomic mass is 16.6. The summed E-state index contributed by atoms with van der Waals surface area (Å²) in [6, 6.07) is 15.8. The number of phenolic OH excluding ortho intramolecular Hbond substituents is 3. The fourth-order valence-corrected chi connectivity index (χ4v) is 9.58. The monoisotopic (exact) mass is 827 g/mol. The Morgan fingerprint density at radius 2 is 1.67 bits per heavy atom. The molecule has 9 rings (SSSR count). The van der Waals surface area contributed by atoms with Gasteiger partial charge in [-0.2, -0.15) is 0 Å². The number of carbonyl (C=O) groups excluding carboxylic acids is 3. The average Bonchev–Trinajstić information content (AvgIpc) is 3.74. The van der Waals surface area contributed by atoms with Gasteiger partial charge in [-0.15, -0.1) is 0 Å². The predicted molar refractivity (Wildman–Crippen MR) is 225 cm³/mol. The zero-order valence-electron chi connectivity index (χ0n) is 34.8. The lowest BCUT2D eigenvalue weighted by molar-refractivity contribution is -0.173. The van der Waals surface area contributed by atoms with Crippen LogP contribution in [-0.4, -0.2) is 83.7 Å². The first-order valence-electron chi connectivity index (χ1n) is 21.1. The maximum absolute atomic E-state index is 14.2. The van der Waals surface area contributed by atoms with E-state index in [2.05, 4.69) is 17.0 Å². The molecule has 14 heteroatoms. The summed E-state index contributed by atoms with van der Waals surface area (Å²) in [6.07, 6.45) is 0.720. The predicted octanol–water partition coefficient (Wildman–Crippen LogP) is 6.39. The van der Waals surface area contributed by atoms with Crippen LogP contribution in [-0.2, 0) is 59.1 Å². The van der Waals surface area contributed by atoms with Crippen molar-refractivity contribution in [2.24, 2.45) is 0 Å². The minimum atomic E-state index is -1.83. The van der Waals surface area contributed by atoms with Crippen LogP contribution in [0.1, 0.15) is 101 Å². The van der Waals surface area contributed by atoms with Crippen LogP contribution in [0.5, 0.6) is 17.2 Å². The summed E-state index contributed by atoms with van der Waals surface area (Å²) in [7, 11) is 0. The third-order valence-corrected chi connectivity index (χ3v) is 12.9. The lowest BCUT2D eigenvalue weighted by atomic mass is 9.85. The number of hydrogen-bond donors (Lipinski definition) is 3. The number of ether oxygens (including phenoxy) is 2. The van der Waals surface area contributed by atoms with Gasteiger partial charge in [-0.1, -0.05) is 45.9 Å². The normalized spacial score (nSPS) is 18.4. The number of esters is 1. The number of cyclic esters (lactones) is 1. The quantitative estimate of drug-likeness (QED) is 0.152. The standard InChI is InChI=1S/C47H49N5O9/c1-5-31-33-17-30(53)10-11-38(33)48-42-35(31)24-52-39(42)19-37-36(44(52)57)25-60-45(58)47(37,6-2)61-46(59)50-13-7-12-49(14-15-50)21-27-8-9-28-22-51(23-29(28)16-27)43(56)34-18-32(26(3)4)40(54)20-41(34)55/h8-11,16-20,26,53-55H,5-7,12-15,21-25H2,1-4H3. The second kappa shape index (κ2) is 15.2. The topological polar surface area (TPSA) is 175 Å². The molecule has 4 aliphatic heterocycles. The van der Waals surface area contributed by atoms with Gasteiger partial charge in [-0.3, -0.25) is 14.5 Å². The fourth-order valence-electron chi connectivity index (χ4n) is 9.58. The van der Waals surface area contributed by atoms with E-state index in [1.807, 2.05) is 26.8 Å². The van der Waals surface area contributed by atoms with Crippen molar-refractivity contribution in [3.63, 3.8) is 0 Å². The molecular formula is C47H49N5O9. The molecule has 2 amide bonds. The molecule has 61 heavy (non-hydrogen) atoms. The van der Waals surface area contributed by atoms with Gasteiger partial charge >= 0.3 is 12.1 Å². The van der Waals surface area contributed by atoms with Crippen molar-refractivity contribution in [3.05, 3.63) is 115 Å². The van der Waals surface area contributed by atoms with E-state index < -0.39 is 17.7 Å². The number of benzene rings is 3. The highest BCUT2D eigenvalue weighted by molar-refractivity contribution is 5.98. The molecule has 3 aromatic carbocycles. The third-order valence-electron chi connectivity index (χ3n) is 12.9. The van der Waals surface area contributed by atoms with Crippen molar-refractivity contribution in [1.82, 2.24) is 24.3 Å². The lowest BCUT2D eigenvalue weighted by Crippen LogP contribution is -2.50. The number of pyridine rings is 2. The smallest absolute Gasteiger partial charge is 0.411 e. The number of aromatic hydroxyl groups is 3. The van der Waals surface area contributed by atoms with Crippen LogP contribution in [0.15, 0.2) is 59.4 Å². The molecular weight excluding hydrogens is 779 g/mol. The van der Waals surface area contributed by atoms with E-state index in [9.17, 15) is 34.5 Å². The molecule has 3 N–H and O–H groups in total. The van der Waals surface area contributed by atoms with Crippen molar-refractivity contribution in [3.8, 4) is 28.6 Å². The lowest BCUT2D eigenvalue weighted by Gasteiger charge is -2.37. The Labute approximate surface area is 352 Å². The van der Waals surface area contributed by atoms with Gasteiger partial charge in [0.1, 0.15) is 23.9 Å². The number of fused-ring (bicyclic) bond motifs is 6. The first-order chi connectivity index (χ1) is 29.3. The first-order valence-corrected chi connectivity index (χ1v) is 21.1. The van der Waals surface area contributed by atoms with E-state index >= 15 is 0 Å². The van der Waals surface area contributed by atoms with Crippen molar-refractivity contribution in [2.45, 2.75) is 91.3 Å². The average molecular weight is 828 g/mol. The molecule has 6 heterocycles. The number of amides is 2. The van der Waals surface area contributed by atoms with Crippen LogP contribution in [0, 0.1) is 0 Å². The van der Waals surface area contributed by atoms with E-state index in [0.717, 1.165) is 39.7 Å². The largest absolute Gasteiger partial charge is 0.508 e. The van der Waals surface area contributed by atoms with Crippen LogP contribution in [0.4, 0.5) is 4.79 Å². The molecule has 0 aliphatic carbocycles. The van der Waals surface area contributed by atoms with Crippen LogP contribution in [0.25, 0.3) is 22.3 Å². The number of rotatable bonds is 7. The minimum Gasteiger partial charge on any atom is -0.508 e. The first kappa shape index (κ1) is 40.0. The number of aryl methyl sites for hydroxylation is 1. The molecule has 0 radical (unpaired) electrons. The zero-order chi connectivity index (χ0) is 42.9. The van der Waals surface area contributed by atoms with Crippen LogP contribution in [0.2, 0.25) is 0 Å². The van der Waals surface area contributed by atoms with Gasteiger partial charge in [0.2, 0.25) is 5.60 Å². The summed E-state index contributed by atoms with van der Waals surface area (Å²) in [4.78, 5) is 66.1. The third kappa shape index (κ3) is 6.73. The van der Waals surface area contributed by atoms with Crippen molar-refractivity contribution >= 4 is 28.9 Å². The van der Waals surface area contributed by atoms with Gasteiger partial charge in [0.25, 0.3) is 11.5 Å². The van der Waals surface area contributed by atoms with Crippen LogP contribution < -0.4 is 5.56 Å². The van der Waals surface area contributed by atoms with Gasteiger partial charge in [-0.05, 0) is 83.3 Å². The van der Waals surface area contributed by atoms with E-state index in [0.29, 0.717) is 80.1 Å². The molecule has 5 aromatic rings. The Morgan fingerprint density at radius 1 is 0.869 bits per heavy atom. The summed E-state index contributed by atoms with van der Waals surface area (Å²) >= 11 is 0. The summed E-state index contributed by atoms with van der Waals surface area (Å²) in [6.45, 7) is 11.1. The molecule has 0 saturated carbocycles. The summed E-state index contributed by atoms with van der Waals surface area (Å²) in [5.41, 5.74) is 6.04. The Hall–Kier alpha value is -6.41. The number of aromatic nitrogens is 2. The SMILES string of the molecule is CCc1c2c(nc3ccc(O)cc13)-c1cc3c(c(=O)n1C2)COC(=O)C3(CC)OC(=O)N1CCCN(Cc2ccc3c(c2)CN(C(=O)c2cc(C(C)C)c(O)cc2O)C3)CC1. The van der Waals surface area contributed by atoms with Crippen molar-refractivity contribution < 1.29 is 39.2 Å². The summed E-state index contributed by atoms with van der Waals surface area (Å²) in [5, 5.41) is 31.9. The molecule has 1 saturated heterocycles. The van der Waals surface area contributed by atoms with Gasteiger partial charge in [0.05, 0.1) is 34.6 Å². The van der Waals surface area contributed by atoms with Crippen molar-refractivity contribution in [1.29, 1.82) is 0 Å². The van der Waals surface area contributed by atoms with Gasteiger partial charge in [-0.25, -0.2) is 14.6 Å². The van der Waals surface area contributed by atoms with Crippen LogP contribution >= 0.6 is 0 Å². The molecule has 4 aliphatic rings. The van der Waals surface area contributed by atoms with E-state index in [1.54, 1.807) is 51.6 Å². The van der Waals surface area contributed by atoms with E-state index in [1.165, 1.54) is 6.07 Å². The Bertz CT molecular complexity index is 2730. The van der Waals surface area contributed by atoms with Crippen molar-refractivity contribution in [2.75, 3.05) is 26.2 Å². The summed E-state index contributed by atoms with van der Waals surface area (Å²) < 4.78 is 13.5. The molecule has 1 fully saturated rings. The second-order valence-electron chi connectivity index (χ2n) is 16.9. The minimum absolute atomic E-state index is 0.0243. The molecule has 316 valence electrons. The Kier molecular flexibility index (Phi) is 10.0. The highest BCUT2D eigenvalue weighted by Crippen LogP contribution is 2.43. The summed E-state index contributed by atoms with van der Waals surface area (Å²) in [5.74, 6) is -1.20. The second-order valence-corrected chi connectivity index (χ2v) is 16.9. The maximum atomic E-state index is 14.2. The molecule has 0 bridgehead atoms. The fraction of sp³-hybridized carbons (Fsp3) is 0.383.